The van der Waals surface area contributed by atoms with E-state index in [2.05, 4.69) is 0 Å². The number of aliphatic hydroxyl groups excluding tert-OH is 1. The fraction of sp³-hybridized carbons (Fsp3) is 0.636. The number of methoxy groups -OCH3 is 1. The molecule has 1 aromatic heterocycles. The summed E-state index contributed by atoms with van der Waals surface area (Å²) in [6.07, 6.45) is -0.177. The van der Waals surface area contributed by atoms with Crippen LogP contribution in [0.1, 0.15) is 4.88 Å². The first-order valence-electron chi connectivity index (χ1n) is 5.84. The Morgan fingerprint density at radius 2 is 2.21 bits per heavy atom. The molecule has 0 fully saturated rings. The van der Waals surface area contributed by atoms with Crippen LogP contribution in [-0.4, -0.2) is 57.8 Å². The normalized spacial score (nSPS) is 13.9. The lowest BCUT2D eigenvalue weighted by atomic mass is 10.3. The second-order valence-corrected chi connectivity index (χ2v) is 7.59. The zero-order valence-electron chi connectivity index (χ0n) is 11.1. The summed E-state index contributed by atoms with van der Waals surface area (Å²) in [5.41, 5.74) is 5.44. The predicted octanol–water partition coefficient (Wildman–Crippen LogP) is -0.123. The number of hydrogen-bond donors (Lipinski definition) is 2. The molecule has 0 aliphatic rings. The highest BCUT2D eigenvalue weighted by Crippen LogP contribution is 2.24. The van der Waals surface area contributed by atoms with Crippen LogP contribution in [0.5, 0.6) is 0 Å². The number of hydrogen-bond acceptors (Lipinski definition) is 6. The van der Waals surface area contributed by atoms with Gasteiger partial charge >= 0.3 is 0 Å². The van der Waals surface area contributed by atoms with Gasteiger partial charge in [0.15, 0.2) is 0 Å². The van der Waals surface area contributed by atoms with Crippen LogP contribution in [0.15, 0.2) is 16.3 Å². The van der Waals surface area contributed by atoms with E-state index in [0.29, 0.717) is 13.0 Å². The third-order valence-electron chi connectivity index (χ3n) is 2.52. The highest BCUT2D eigenvalue weighted by atomic mass is 32.2. The first-order valence-corrected chi connectivity index (χ1v) is 8.09. The Morgan fingerprint density at radius 1 is 1.53 bits per heavy atom. The van der Waals surface area contributed by atoms with E-state index in [0.717, 1.165) is 9.18 Å². The molecule has 0 amide bonds. The minimum Gasteiger partial charge on any atom is -0.389 e. The van der Waals surface area contributed by atoms with E-state index in [1.54, 1.807) is 12.1 Å². The maximum atomic E-state index is 12.2. The first kappa shape index (κ1) is 16.5. The molecule has 1 aromatic rings. The summed E-state index contributed by atoms with van der Waals surface area (Å²) in [5, 5.41) is 9.58. The van der Waals surface area contributed by atoms with Gasteiger partial charge in [0.2, 0.25) is 0 Å². The van der Waals surface area contributed by atoms with Crippen LogP contribution in [-0.2, 0) is 21.2 Å². The van der Waals surface area contributed by atoms with Crippen molar-refractivity contribution in [1.29, 1.82) is 0 Å². The predicted molar refractivity (Wildman–Crippen MR) is 74.8 cm³/mol. The van der Waals surface area contributed by atoms with Crippen molar-refractivity contribution in [3.63, 3.8) is 0 Å². The molecule has 0 saturated carbocycles. The SMILES string of the molecule is COCC(O)CN(C)S(=O)(=O)c1ccc(CCN)s1. The van der Waals surface area contributed by atoms with Crippen LogP contribution in [0.2, 0.25) is 0 Å². The van der Waals surface area contributed by atoms with E-state index in [1.807, 2.05) is 0 Å². The fourth-order valence-corrected chi connectivity index (χ4v) is 4.36. The molecule has 0 aliphatic carbocycles. The Morgan fingerprint density at radius 3 is 2.79 bits per heavy atom. The average molecular weight is 308 g/mol. The van der Waals surface area contributed by atoms with Crippen molar-refractivity contribution < 1.29 is 18.3 Å². The summed E-state index contributed by atoms with van der Waals surface area (Å²) in [5.74, 6) is 0. The third-order valence-corrected chi connectivity index (χ3v) is 5.95. The molecule has 1 atom stereocenters. The van der Waals surface area contributed by atoms with E-state index in [4.69, 9.17) is 10.5 Å². The second kappa shape index (κ2) is 7.32. The van der Waals surface area contributed by atoms with Gasteiger partial charge in [-0.05, 0) is 25.1 Å². The van der Waals surface area contributed by atoms with Crippen molar-refractivity contribution in [2.24, 2.45) is 5.73 Å². The zero-order valence-corrected chi connectivity index (χ0v) is 12.7. The van der Waals surface area contributed by atoms with Crippen molar-refractivity contribution in [3.05, 3.63) is 17.0 Å². The van der Waals surface area contributed by atoms with Crippen LogP contribution in [0.4, 0.5) is 0 Å². The fourth-order valence-electron chi connectivity index (χ4n) is 1.57. The highest BCUT2D eigenvalue weighted by Gasteiger charge is 2.24. The molecule has 0 spiro atoms. The van der Waals surface area contributed by atoms with Gasteiger partial charge in [0.25, 0.3) is 10.0 Å². The van der Waals surface area contributed by atoms with Gasteiger partial charge in [0.1, 0.15) is 4.21 Å². The molecule has 0 aromatic carbocycles. The lowest BCUT2D eigenvalue weighted by molar-refractivity contribution is 0.0554. The standard InChI is InChI=1S/C11H20N2O4S2/c1-13(7-9(14)8-17-2)19(15,16)11-4-3-10(18-11)5-6-12/h3-4,9,14H,5-8,12H2,1-2H3. The number of nitrogens with two attached hydrogens (primary N) is 1. The molecule has 0 saturated heterocycles. The molecule has 19 heavy (non-hydrogen) atoms. The number of aliphatic hydroxyl groups is 1. The van der Waals surface area contributed by atoms with Crippen LogP contribution in [0.3, 0.4) is 0 Å². The van der Waals surface area contributed by atoms with Crippen LogP contribution in [0, 0.1) is 0 Å². The maximum Gasteiger partial charge on any atom is 0.252 e. The molecule has 0 bridgehead atoms. The molecule has 0 radical (unpaired) electrons. The molecule has 3 N–H and O–H groups in total. The summed E-state index contributed by atoms with van der Waals surface area (Å²) in [7, 11) is -0.659. The van der Waals surface area contributed by atoms with Gasteiger partial charge in [-0.15, -0.1) is 11.3 Å². The number of sulfonamides is 1. The minimum absolute atomic E-state index is 0.000293. The Kier molecular flexibility index (Phi) is 6.37. The van der Waals surface area contributed by atoms with Crippen molar-refractivity contribution in [3.8, 4) is 0 Å². The van der Waals surface area contributed by atoms with Crippen LogP contribution >= 0.6 is 11.3 Å². The average Bonchev–Trinajstić information content (AvgIpc) is 2.79. The second-order valence-electron chi connectivity index (χ2n) is 4.15. The van der Waals surface area contributed by atoms with Gasteiger partial charge in [-0.25, -0.2) is 8.42 Å². The summed E-state index contributed by atoms with van der Waals surface area (Å²) >= 11 is 1.21. The Labute approximate surface area is 117 Å². The Hall–Kier alpha value is -0.510. The largest absolute Gasteiger partial charge is 0.389 e. The summed E-state index contributed by atoms with van der Waals surface area (Å²) in [6, 6.07) is 3.34. The van der Waals surface area contributed by atoms with E-state index in [-0.39, 0.29) is 17.4 Å². The first-order chi connectivity index (χ1) is 8.91. The van der Waals surface area contributed by atoms with Crippen molar-refractivity contribution in [1.82, 2.24) is 4.31 Å². The van der Waals surface area contributed by atoms with Gasteiger partial charge in [0.05, 0.1) is 12.7 Å². The van der Waals surface area contributed by atoms with Gasteiger partial charge in [-0.1, -0.05) is 0 Å². The molecule has 8 heteroatoms. The van der Waals surface area contributed by atoms with Gasteiger partial charge in [0, 0.05) is 25.6 Å². The molecule has 0 aliphatic heterocycles. The van der Waals surface area contributed by atoms with E-state index in [1.165, 1.54) is 25.5 Å². The smallest absolute Gasteiger partial charge is 0.252 e. The lowest BCUT2D eigenvalue weighted by Crippen LogP contribution is -2.35. The molecule has 1 unspecified atom stereocenters. The van der Waals surface area contributed by atoms with Crippen molar-refractivity contribution in [2.45, 2.75) is 16.7 Å². The molecule has 1 heterocycles. The topological polar surface area (TPSA) is 92.9 Å². The van der Waals surface area contributed by atoms with E-state index < -0.39 is 16.1 Å². The Balaban J connectivity index is 2.78. The maximum absolute atomic E-state index is 12.2. The van der Waals surface area contributed by atoms with E-state index in [9.17, 15) is 13.5 Å². The van der Waals surface area contributed by atoms with Gasteiger partial charge in [-0.3, -0.25) is 0 Å². The molecule has 6 nitrogen and oxygen atoms in total. The quantitative estimate of drug-likeness (QED) is 0.698. The molecule has 1 rings (SSSR count). The van der Waals surface area contributed by atoms with Gasteiger partial charge < -0.3 is 15.6 Å². The molecular weight excluding hydrogens is 288 g/mol. The minimum atomic E-state index is -3.55. The zero-order chi connectivity index (χ0) is 14.5. The highest BCUT2D eigenvalue weighted by molar-refractivity contribution is 7.91. The van der Waals surface area contributed by atoms with Crippen LogP contribution < -0.4 is 5.73 Å². The number of ether oxygens (including phenoxy) is 1. The molecular formula is C11H20N2O4S2. The van der Waals surface area contributed by atoms with Crippen molar-refractivity contribution >= 4 is 21.4 Å². The number of likely N-dealkylation sites (N-methyl/N-ethyl adjacent to an activating group) is 1. The van der Waals surface area contributed by atoms with Crippen molar-refractivity contribution in [2.75, 3.05) is 33.9 Å². The summed E-state index contributed by atoms with van der Waals surface area (Å²) in [6.45, 7) is 0.589. The lowest BCUT2D eigenvalue weighted by Gasteiger charge is -2.19. The van der Waals surface area contributed by atoms with Gasteiger partial charge in [-0.2, -0.15) is 4.31 Å². The summed E-state index contributed by atoms with van der Waals surface area (Å²) < 4.78 is 30.7. The number of thiophene rings is 1. The number of nitrogens with zero attached hydrogens (tertiary/aromatic N) is 1. The monoisotopic (exact) mass is 308 g/mol. The third kappa shape index (κ3) is 4.51. The summed E-state index contributed by atoms with van der Waals surface area (Å²) in [4.78, 5) is 0.937. The number of rotatable bonds is 8. The Bertz CT molecular complexity index is 487. The van der Waals surface area contributed by atoms with E-state index >= 15 is 0 Å². The molecule has 110 valence electrons. The van der Waals surface area contributed by atoms with Crippen LogP contribution in [0.25, 0.3) is 0 Å².